The van der Waals surface area contributed by atoms with Crippen LogP contribution in [0.5, 0.6) is 0 Å². The van der Waals surface area contributed by atoms with Gasteiger partial charge in [-0.2, -0.15) is 5.26 Å². The van der Waals surface area contributed by atoms with Crippen molar-refractivity contribution in [3.05, 3.63) is 44.8 Å². The Bertz CT molecular complexity index is 427. The molecule has 2 aromatic rings. The molecule has 2 heterocycles. The van der Waals surface area contributed by atoms with Gasteiger partial charge < -0.3 is 5.11 Å². The fraction of sp³-hybridized carbons (Fsp3) is 0.100. The maximum Gasteiger partial charge on any atom is 0.384 e. The molecule has 0 aliphatic rings. The maximum absolute atomic E-state index is 11.5. The second kappa shape index (κ2) is 4.34. The van der Waals surface area contributed by atoms with E-state index in [1.54, 1.807) is 35.0 Å². The molecule has 0 fully saturated rings. The molecular formula is C10H8O4S2. The topological polar surface area (TPSA) is 66.8 Å². The van der Waals surface area contributed by atoms with E-state index in [1.807, 2.05) is 0 Å². The van der Waals surface area contributed by atoms with Crippen LogP contribution >= 0.6 is 22.7 Å². The first-order chi connectivity index (χ1) is 7.69. The Balaban J connectivity index is 2.54. The molecule has 0 atom stereocenters. The first kappa shape index (κ1) is 11.3. The van der Waals surface area contributed by atoms with Crippen LogP contribution in [0.25, 0.3) is 0 Å². The van der Waals surface area contributed by atoms with E-state index in [1.165, 1.54) is 22.7 Å². The molecule has 0 saturated heterocycles. The number of rotatable bonds is 3. The highest BCUT2D eigenvalue weighted by Gasteiger charge is 2.44. The summed E-state index contributed by atoms with van der Waals surface area (Å²) in [5.41, 5.74) is -1.92. The number of carbonyl (C=O) groups excluding carboxylic acids is 1. The second-order valence-electron chi connectivity index (χ2n) is 3.04. The molecule has 0 aliphatic carbocycles. The van der Waals surface area contributed by atoms with Crippen molar-refractivity contribution >= 4 is 28.6 Å². The van der Waals surface area contributed by atoms with Crippen molar-refractivity contribution in [2.24, 2.45) is 0 Å². The molecule has 0 aliphatic heterocycles. The molecule has 0 amide bonds. The summed E-state index contributed by atoms with van der Waals surface area (Å²) in [5, 5.41) is 22.3. The van der Waals surface area contributed by atoms with Crippen LogP contribution in [0.15, 0.2) is 35.0 Å². The number of hydrogen-bond acceptors (Lipinski definition) is 6. The highest BCUT2D eigenvalue weighted by molar-refractivity contribution is 7.12. The van der Waals surface area contributed by atoms with Crippen molar-refractivity contribution < 1.29 is 20.0 Å². The summed E-state index contributed by atoms with van der Waals surface area (Å²) in [7, 11) is 0. The monoisotopic (exact) mass is 256 g/mol. The normalized spacial score (nSPS) is 11.4. The minimum atomic E-state index is -1.92. The van der Waals surface area contributed by atoms with Crippen molar-refractivity contribution in [1.29, 1.82) is 0 Å². The molecule has 0 radical (unpaired) electrons. The minimum absolute atomic E-state index is 0.411. The van der Waals surface area contributed by atoms with Gasteiger partial charge in [-0.1, -0.05) is 12.1 Å². The molecule has 2 aromatic heterocycles. The van der Waals surface area contributed by atoms with Crippen molar-refractivity contribution in [1.82, 2.24) is 0 Å². The van der Waals surface area contributed by atoms with E-state index in [2.05, 4.69) is 4.89 Å². The van der Waals surface area contributed by atoms with Crippen LogP contribution < -0.4 is 0 Å². The molecule has 2 rings (SSSR count). The van der Waals surface area contributed by atoms with Crippen molar-refractivity contribution in [2.45, 2.75) is 5.60 Å². The van der Waals surface area contributed by atoms with Gasteiger partial charge in [0.1, 0.15) is 0 Å². The molecule has 84 valence electrons. The predicted molar refractivity (Wildman–Crippen MR) is 60.4 cm³/mol. The third-order valence-corrected chi connectivity index (χ3v) is 4.09. The zero-order chi connectivity index (χ0) is 11.6. The summed E-state index contributed by atoms with van der Waals surface area (Å²) in [6.45, 7) is 0. The van der Waals surface area contributed by atoms with Gasteiger partial charge >= 0.3 is 5.97 Å². The van der Waals surface area contributed by atoms with Gasteiger partial charge in [-0.15, -0.1) is 22.7 Å². The van der Waals surface area contributed by atoms with Crippen LogP contribution in [0.3, 0.4) is 0 Å². The minimum Gasteiger partial charge on any atom is -0.369 e. The van der Waals surface area contributed by atoms with Gasteiger partial charge in [-0.25, -0.2) is 4.79 Å². The summed E-state index contributed by atoms with van der Waals surface area (Å²) < 4.78 is 0. The number of carbonyl (C=O) groups is 1. The molecular weight excluding hydrogens is 248 g/mol. The molecule has 4 nitrogen and oxygen atoms in total. The Kier molecular flexibility index (Phi) is 3.06. The summed E-state index contributed by atoms with van der Waals surface area (Å²) in [5.74, 6) is -1.10. The smallest absolute Gasteiger partial charge is 0.369 e. The summed E-state index contributed by atoms with van der Waals surface area (Å²) >= 11 is 2.43. The van der Waals surface area contributed by atoms with Gasteiger partial charge in [0.25, 0.3) is 0 Å². The third kappa shape index (κ3) is 1.65. The van der Waals surface area contributed by atoms with Crippen LogP contribution in [-0.4, -0.2) is 16.3 Å². The molecule has 0 bridgehead atoms. The summed E-state index contributed by atoms with van der Waals surface area (Å²) in [6, 6.07) is 6.65. The van der Waals surface area contributed by atoms with E-state index < -0.39 is 11.6 Å². The molecule has 2 N–H and O–H groups in total. The first-order valence-corrected chi connectivity index (χ1v) is 6.11. The molecule has 0 unspecified atom stereocenters. The lowest BCUT2D eigenvalue weighted by molar-refractivity contribution is -0.249. The van der Waals surface area contributed by atoms with Gasteiger partial charge in [0.15, 0.2) is 0 Å². The van der Waals surface area contributed by atoms with E-state index in [9.17, 15) is 9.90 Å². The van der Waals surface area contributed by atoms with Gasteiger partial charge in [0, 0.05) is 0 Å². The highest BCUT2D eigenvalue weighted by atomic mass is 32.1. The fourth-order valence-electron chi connectivity index (χ4n) is 1.36. The lowest BCUT2D eigenvalue weighted by Gasteiger charge is -2.21. The molecule has 6 heteroatoms. The summed E-state index contributed by atoms with van der Waals surface area (Å²) in [6.07, 6.45) is 0. The van der Waals surface area contributed by atoms with Crippen molar-refractivity contribution in [2.75, 3.05) is 0 Å². The van der Waals surface area contributed by atoms with Gasteiger partial charge in [-0.3, -0.25) is 4.89 Å². The summed E-state index contributed by atoms with van der Waals surface area (Å²) in [4.78, 5) is 16.0. The van der Waals surface area contributed by atoms with E-state index in [4.69, 9.17) is 5.26 Å². The largest absolute Gasteiger partial charge is 0.384 e. The lowest BCUT2D eigenvalue weighted by Crippen LogP contribution is -2.36. The molecule has 0 aromatic carbocycles. The zero-order valence-corrected chi connectivity index (χ0v) is 9.62. The fourth-order valence-corrected chi connectivity index (χ4v) is 3.07. The Morgan fingerprint density at radius 1 is 1.19 bits per heavy atom. The Hall–Kier alpha value is -1.21. The standard InChI is InChI=1S/C10H8O4S2/c11-9(14-13)10(12,7-3-1-5-15-7)8-4-2-6-16-8/h1-6,12-13H. The van der Waals surface area contributed by atoms with E-state index in [0.717, 1.165) is 0 Å². The van der Waals surface area contributed by atoms with Crippen LogP contribution in [0.1, 0.15) is 9.75 Å². The zero-order valence-electron chi connectivity index (χ0n) is 7.99. The quantitative estimate of drug-likeness (QED) is 0.651. The van der Waals surface area contributed by atoms with Crippen LogP contribution in [0.2, 0.25) is 0 Å². The Morgan fingerprint density at radius 2 is 1.69 bits per heavy atom. The number of hydrogen-bond donors (Lipinski definition) is 2. The molecule has 16 heavy (non-hydrogen) atoms. The van der Waals surface area contributed by atoms with E-state index >= 15 is 0 Å². The second-order valence-corrected chi connectivity index (χ2v) is 4.94. The average Bonchev–Trinajstić information content (AvgIpc) is 2.98. The van der Waals surface area contributed by atoms with Gasteiger partial charge in [-0.05, 0) is 22.9 Å². The van der Waals surface area contributed by atoms with Crippen molar-refractivity contribution in [3.8, 4) is 0 Å². The third-order valence-electron chi connectivity index (χ3n) is 2.13. The molecule has 0 spiro atoms. The van der Waals surface area contributed by atoms with Gasteiger partial charge in [0.05, 0.1) is 9.75 Å². The number of thiophene rings is 2. The van der Waals surface area contributed by atoms with Crippen LogP contribution in [0.4, 0.5) is 0 Å². The average molecular weight is 256 g/mol. The van der Waals surface area contributed by atoms with Gasteiger partial charge in [0.2, 0.25) is 5.60 Å². The first-order valence-electron chi connectivity index (χ1n) is 4.35. The van der Waals surface area contributed by atoms with Crippen LogP contribution in [0, 0.1) is 0 Å². The number of aliphatic hydroxyl groups is 1. The Morgan fingerprint density at radius 3 is 2.00 bits per heavy atom. The highest BCUT2D eigenvalue weighted by Crippen LogP contribution is 2.36. The molecule has 0 saturated carbocycles. The predicted octanol–water partition coefficient (Wildman–Crippen LogP) is 2.06. The van der Waals surface area contributed by atoms with E-state index in [-0.39, 0.29) is 0 Å². The SMILES string of the molecule is O=C(OO)C(O)(c1cccs1)c1cccs1. The Labute approximate surface area is 99.3 Å². The lowest BCUT2D eigenvalue weighted by atomic mass is 10.0. The maximum atomic E-state index is 11.5. The van der Waals surface area contributed by atoms with Crippen molar-refractivity contribution in [3.63, 3.8) is 0 Å². The van der Waals surface area contributed by atoms with Crippen LogP contribution in [-0.2, 0) is 15.3 Å². The van der Waals surface area contributed by atoms with E-state index in [0.29, 0.717) is 9.75 Å².